The normalized spacial score (nSPS) is 25.2. The highest BCUT2D eigenvalue weighted by molar-refractivity contribution is 7.92. The van der Waals surface area contributed by atoms with Crippen molar-refractivity contribution in [3.8, 4) is 0 Å². The van der Waals surface area contributed by atoms with Crippen LogP contribution < -0.4 is 10.5 Å². The van der Waals surface area contributed by atoms with Crippen molar-refractivity contribution in [1.29, 1.82) is 0 Å². The molecule has 0 aliphatic carbocycles. The van der Waals surface area contributed by atoms with Gasteiger partial charge in [0.2, 0.25) is 10.0 Å². The van der Waals surface area contributed by atoms with Crippen LogP contribution in [0.25, 0.3) is 0 Å². The fourth-order valence-electron chi connectivity index (χ4n) is 0.467. The molecule has 0 amide bonds. The molecule has 0 aromatic heterocycles. The average Bonchev–Trinajstić information content (AvgIpc) is 1.82. The highest BCUT2D eigenvalue weighted by Crippen LogP contribution is 1.98. The van der Waals surface area contributed by atoms with Crippen LogP contribution in [0.1, 0.15) is 0 Å². The predicted octanol–water partition coefficient (Wildman–Crippen LogP) is -1.28. The average molecular weight is 134 g/mol. The highest BCUT2D eigenvalue weighted by Gasteiger charge is 2.13. The molecular formula is C3H6N2O2S. The van der Waals surface area contributed by atoms with Gasteiger partial charge < -0.3 is 5.73 Å². The summed E-state index contributed by atoms with van der Waals surface area (Å²) in [6, 6.07) is 0. The molecule has 0 aromatic rings. The van der Waals surface area contributed by atoms with Crippen LogP contribution in [0, 0.1) is 0 Å². The predicted molar refractivity (Wildman–Crippen MR) is 29.2 cm³/mol. The molecule has 0 fully saturated rings. The molecule has 0 aromatic carbocycles. The molecule has 0 unspecified atom stereocenters. The molecule has 0 radical (unpaired) electrons. The zero-order valence-electron chi connectivity index (χ0n) is 4.09. The minimum atomic E-state index is -3.13. The summed E-state index contributed by atoms with van der Waals surface area (Å²) in [6.45, 7) is 0.252. The topological polar surface area (TPSA) is 72.2 Å². The fourth-order valence-corrected chi connectivity index (χ4v) is 1.40. The second-order valence-corrected chi connectivity index (χ2v) is 3.17. The van der Waals surface area contributed by atoms with Gasteiger partial charge in [-0.25, -0.2) is 13.1 Å². The largest absolute Gasteiger partial charge is 0.400 e. The molecule has 1 aliphatic rings. The van der Waals surface area contributed by atoms with Crippen molar-refractivity contribution in [1.82, 2.24) is 4.72 Å². The van der Waals surface area contributed by atoms with Crippen molar-refractivity contribution >= 4 is 10.0 Å². The van der Waals surface area contributed by atoms with Crippen molar-refractivity contribution in [2.45, 2.75) is 0 Å². The molecule has 0 spiro atoms. The van der Waals surface area contributed by atoms with Gasteiger partial charge >= 0.3 is 0 Å². The summed E-state index contributed by atoms with van der Waals surface area (Å²) in [6.07, 6.45) is 0. The summed E-state index contributed by atoms with van der Waals surface area (Å²) >= 11 is 0. The van der Waals surface area contributed by atoms with Crippen molar-refractivity contribution in [3.63, 3.8) is 0 Å². The molecule has 8 heavy (non-hydrogen) atoms. The van der Waals surface area contributed by atoms with E-state index in [1.165, 1.54) is 0 Å². The maximum absolute atomic E-state index is 10.4. The molecular weight excluding hydrogens is 128 g/mol. The zero-order valence-corrected chi connectivity index (χ0v) is 4.90. The lowest BCUT2D eigenvalue weighted by Gasteiger charge is -1.85. The van der Waals surface area contributed by atoms with E-state index in [4.69, 9.17) is 5.73 Å². The van der Waals surface area contributed by atoms with Crippen LogP contribution in [0.4, 0.5) is 0 Å². The quantitative estimate of drug-likeness (QED) is 0.433. The first-order chi connectivity index (χ1) is 3.60. The van der Waals surface area contributed by atoms with Crippen LogP contribution in [0.15, 0.2) is 11.1 Å². The third-order valence-electron chi connectivity index (χ3n) is 0.784. The lowest BCUT2D eigenvalue weighted by Crippen LogP contribution is -2.16. The highest BCUT2D eigenvalue weighted by atomic mass is 32.2. The Balaban J connectivity index is 3.00. The summed E-state index contributed by atoms with van der Waals surface area (Å²) < 4.78 is 22.9. The van der Waals surface area contributed by atoms with E-state index in [1.807, 2.05) is 0 Å². The van der Waals surface area contributed by atoms with Gasteiger partial charge in [-0.15, -0.1) is 0 Å². The second-order valence-electron chi connectivity index (χ2n) is 1.56. The van der Waals surface area contributed by atoms with Crippen molar-refractivity contribution < 1.29 is 8.42 Å². The van der Waals surface area contributed by atoms with Crippen LogP contribution >= 0.6 is 0 Å². The molecule has 5 heteroatoms. The molecule has 3 N–H and O–H groups in total. The Morgan fingerprint density at radius 3 is 2.50 bits per heavy atom. The minimum Gasteiger partial charge on any atom is -0.400 e. The zero-order chi connectivity index (χ0) is 6.20. The van der Waals surface area contributed by atoms with Crippen LogP contribution in [0.3, 0.4) is 0 Å². The standard InChI is InChI=1S/C3H6N2O2S/c4-3-1-5-8(6,7)2-3/h2,5H,1,4H2. The van der Waals surface area contributed by atoms with Gasteiger partial charge in [0.25, 0.3) is 0 Å². The van der Waals surface area contributed by atoms with E-state index in [0.717, 1.165) is 5.41 Å². The van der Waals surface area contributed by atoms with Crippen molar-refractivity contribution in [2.24, 2.45) is 5.73 Å². The number of rotatable bonds is 0. The summed E-state index contributed by atoms with van der Waals surface area (Å²) in [7, 11) is -3.13. The van der Waals surface area contributed by atoms with Crippen LogP contribution in [-0.4, -0.2) is 15.0 Å². The number of hydrogen-bond donors (Lipinski definition) is 2. The SMILES string of the molecule is NC1=CS(=O)(=O)NC1. The van der Waals surface area contributed by atoms with Gasteiger partial charge in [0.15, 0.2) is 0 Å². The molecule has 46 valence electrons. The number of hydrogen-bond acceptors (Lipinski definition) is 3. The first-order valence-electron chi connectivity index (χ1n) is 2.06. The van der Waals surface area contributed by atoms with E-state index >= 15 is 0 Å². The van der Waals surface area contributed by atoms with Crippen molar-refractivity contribution in [3.05, 3.63) is 11.1 Å². The molecule has 0 saturated carbocycles. The van der Waals surface area contributed by atoms with Gasteiger partial charge in [-0.3, -0.25) is 0 Å². The van der Waals surface area contributed by atoms with Crippen LogP contribution in [-0.2, 0) is 10.0 Å². The molecule has 1 aliphatic heterocycles. The summed E-state index contributed by atoms with van der Waals surface area (Å²) in [4.78, 5) is 0. The first-order valence-corrected chi connectivity index (χ1v) is 3.60. The van der Waals surface area contributed by atoms with Gasteiger partial charge in [-0.2, -0.15) is 0 Å². The van der Waals surface area contributed by atoms with Gasteiger partial charge in [-0.05, 0) is 0 Å². The van der Waals surface area contributed by atoms with Crippen LogP contribution in [0.2, 0.25) is 0 Å². The third-order valence-corrected chi connectivity index (χ3v) is 1.94. The van der Waals surface area contributed by atoms with E-state index < -0.39 is 10.0 Å². The number of sulfonamides is 1. The first kappa shape index (κ1) is 5.58. The molecule has 0 atom stereocenters. The van der Waals surface area contributed by atoms with E-state index in [9.17, 15) is 8.42 Å². The summed E-state index contributed by atoms with van der Waals surface area (Å²) in [5.74, 6) is 0. The Morgan fingerprint density at radius 1 is 1.75 bits per heavy atom. The molecule has 0 saturated heterocycles. The van der Waals surface area contributed by atoms with E-state index in [0.29, 0.717) is 5.70 Å². The number of nitrogens with one attached hydrogen (secondary N) is 1. The molecule has 1 heterocycles. The Kier molecular flexibility index (Phi) is 1.02. The minimum absolute atomic E-state index is 0.252. The van der Waals surface area contributed by atoms with Gasteiger partial charge in [-0.1, -0.05) is 0 Å². The van der Waals surface area contributed by atoms with E-state index in [2.05, 4.69) is 4.72 Å². The third kappa shape index (κ3) is 0.988. The second kappa shape index (κ2) is 1.46. The molecule has 4 nitrogen and oxygen atoms in total. The van der Waals surface area contributed by atoms with Gasteiger partial charge in [0, 0.05) is 5.70 Å². The monoisotopic (exact) mass is 134 g/mol. The van der Waals surface area contributed by atoms with E-state index in [-0.39, 0.29) is 6.54 Å². The van der Waals surface area contributed by atoms with Gasteiger partial charge in [0.1, 0.15) is 0 Å². The fraction of sp³-hybridized carbons (Fsp3) is 0.333. The maximum atomic E-state index is 10.4. The summed E-state index contributed by atoms with van der Waals surface area (Å²) in [5.41, 5.74) is 5.50. The Bertz CT molecular complexity index is 215. The Labute approximate surface area is 47.4 Å². The molecule has 0 bridgehead atoms. The lowest BCUT2D eigenvalue weighted by molar-refractivity contribution is 0.597. The molecule has 1 rings (SSSR count). The maximum Gasteiger partial charge on any atom is 0.235 e. The Morgan fingerprint density at radius 2 is 2.38 bits per heavy atom. The lowest BCUT2D eigenvalue weighted by atomic mass is 10.5. The van der Waals surface area contributed by atoms with Crippen LogP contribution in [0.5, 0.6) is 0 Å². The summed E-state index contributed by atoms with van der Waals surface area (Å²) in [5, 5.41) is 1.02. The smallest absolute Gasteiger partial charge is 0.235 e. The number of nitrogens with two attached hydrogens (primary N) is 1. The Hall–Kier alpha value is -0.550. The van der Waals surface area contributed by atoms with E-state index in [1.54, 1.807) is 0 Å². The van der Waals surface area contributed by atoms with Gasteiger partial charge in [0.05, 0.1) is 12.0 Å². The van der Waals surface area contributed by atoms with Crippen molar-refractivity contribution in [2.75, 3.05) is 6.54 Å².